The first-order chi connectivity index (χ1) is 13.8. The number of hydrogen-bond donors (Lipinski definition) is 1. The minimum Gasteiger partial charge on any atom is -0.497 e. The van der Waals surface area contributed by atoms with Gasteiger partial charge in [0.05, 0.1) is 28.9 Å². The molecule has 0 spiro atoms. The van der Waals surface area contributed by atoms with Gasteiger partial charge in [-0.1, -0.05) is 29.8 Å². The summed E-state index contributed by atoms with van der Waals surface area (Å²) in [7, 11) is 1.48. The molecule has 0 aliphatic carbocycles. The van der Waals surface area contributed by atoms with Crippen molar-refractivity contribution >= 4 is 23.2 Å². The van der Waals surface area contributed by atoms with Crippen LogP contribution in [-0.4, -0.2) is 13.0 Å². The topological polar surface area (TPSA) is 47.6 Å². The molecule has 0 heterocycles. The Morgan fingerprint density at radius 1 is 0.966 bits per heavy atom. The fourth-order valence-electron chi connectivity index (χ4n) is 2.52. The van der Waals surface area contributed by atoms with E-state index in [1.54, 1.807) is 36.4 Å². The third-order valence-corrected chi connectivity index (χ3v) is 4.27. The Hall–Kier alpha value is -3.19. The zero-order valence-electron chi connectivity index (χ0n) is 15.1. The predicted molar refractivity (Wildman–Crippen MR) is 104 cm³/mol. The molecule has 0 aliphatic rings. The highest BCUT2D eigenvalue weighted by Gasteiger charge is 2.31. The van der Waals surface area contributed by atoms with Crippen molar-refractivity contribution in [3.05, 3.63) is 82.9 Å². The van der Waals surface area contributed by atoms with Crippen LogP contribution in [0.5, 0.6) is 17.2 Å². The van der Waals surface area contributed by atoms with Crippen molar-refractivity contribution in [2.75, 3.05) is 12.4 Å². The zero-order valence-corrected chi connectivity index (χ0v) is 15.8. The quantitative estimate of drug-likeness (QED) is 0.517. The van der Waals surface area contributed by atoms with Crippen LogP contribution < -0.4 is 14.8 Å². The number of alkyl halides is 3. The highest BCUT2D eigenvalue weighted by molar-refractivity contribution is 6.34. The molecule has 0 radical (unpaired) electrons. The Kier molecular flexibility index (Phi) is 5.98. The molecule has 3 rings (SSSR count). The molecule has 0 fully saturated rings. The number of rotatable bonds is 5. The van der Waals surface area contributed by atoms with Gasteiger partial charge in [-0.3, -0.25) is 4.79 Å². The second-order valence-corrected chi connectivity index (χ2v) is 6.33. The minimum atomic E-state index is -4.58. The number of carbonyl (C=O) groups is 1. The van der Waals surface area contributed by atoms with Crippen LogP contribution in [0.2, 0.25) is 5.02 Å². The van der Waals surface area contributed by atoms with Crippen molar-refractivity contribution < 1.29 is 27.4 Å². The summed E-state index contributed by atoms with van der Waals surface area (Å²) in [5.41, 5.74) is -0.948. The smallest absolute Gasteiger partial charge is 0.416 e. The van der Waals surface area contributed by atoms with Gasteiger partial charge in [0.25, 0.3) is 5.91 Å². The lowest BCUT2D eigenvalue weighted by molar-refractivity contribution is -0.137. The number of carbonyl (C=O) groups excluding carboxylic acids is 1. The Bertz CT molecular complexity index is 1040. The van der Waals surface area contributed by atoms with Gasteiger partial charge in [-0.2, -0.15) is 13.2 Å². The monoisotopic (exact) mass is 421 g/mol. The lowest BCUT2D eigenvalue weighted by Crippen LogP contribution is -2.14. The average molecular weight is 422 g/mol. The van der Waals surface area contributed by atoms with Crippen LogP contribution in [0.3, 0.4) is 0 Å². The molecule has 3 aromatic rings. The summed E-state index contributed by atoms with van der Waals surface area (Å²) in [5, 5.41) is 2.62. The maximum Gasteiger partial charge on any atom is 0.416 e. The molecule has 0 unspecified atom stereocenters. The molecular weight excluding hydrogens is 407 g/mol. The van der Waals surface area contributed by atoms with E-state index in [1.165, 1.54) is 19.2 Å². The Morgan fingerprint density at radius 2 is 1.69 bits per heavy atom. The van der Waals surface area contributed by atoms with Crippen molar-refractivity contribution in [2.45, 2.75) is 6.18 Å². The second-order valence-electron chi connectivity index (χ2n) is 5.92. The summed E-state index contributed by atoms with van der Waals surface area (Å²) in [4.78, 5) is 12.5. The van der Waals surface area contributed by atoms with Crippen LogP contribution in [-0.2, 0) is 6.18 Å². The largest absolute Gasteiger partial charge is 0.497 e. The fourth-order valence-corrected chi connectivity index (χ4v) is 2.74. The van der Waals surface area contributed by atoms with E-state index in [1.807, 2.05) is 0 Å². The van der Waals surface area contributed by atoms with E-state index in [9.17, 15) is 18.0 Å². The molecule has 0 saturated carbocycles. The van der Waals surface area contributed by atoms with Crippen LogP contribution in [0.25, 0.3) is 0 Å². The molecule has 29 heavy (non-hydrogen) atoms. The number of methoxy groups -OCH3 is 1. The van der Waals surface area contributed by atoms with Gasteiger partial charge in [0, 0.05) is 6.07 Å². The van der Waals surface area contributed by atoms with Gasteiger partial charge < -0.3 is 14.8 Å². The third kappa shape index (κ3) is 5.00. The summed E-state index contributed by atoms with van der Waals surface area (Å²) >= 11 is 6.01. The number of ether oxygens (including phenoxy) is 2. The SMILES string of the molecule is COc1cccc(Oc2ccc(C(F)(F)F)cc2NC(=O)c2ccccc2Cl)c1. The predicted octanol–water partition coefficient (Wildman–Crippen LogP) is 6.41. The van der Waals surface area contributed by atoms with Crippen LogP contribution in [0, 0.1) is 0 Å². The lowest BCUT2D eigenvalue weighted by atomic mass is 10.1. The second kappa shape index (κ2) is 8.45. The summed E-state index contributed by atoms with van der Waals surface area (Å²) < 4.78 is 50.3. The summed E-state index contributed by atoms with van der Waals surface area (Å²) in [6.45, 7) is 0. The standard InChI is InChI=1S/C21H15ClF3NO3/c1-28-14-5-4-6-15(12-14)29-19-10-9-13(21(23,24)25)11-18(19)26-20(27)16-7-2-3-8-17(16)22/h2-12H,1H3,(H,26,27). The Morgan fingerprint density at radius 3 is 2.38 bits per heavy atom. The van der Waals surface area contributed by atoms with Gasteiger partial charge >= 0.3 is 6.18 Å². The summed E-state index contributed by atoms with van der Waals surface area (Å²) in [5.74, 6) is 0.213. The lowest BCUT2D eigenvalue weighted by Gasteiger charge is -2.16. The van der Waals surface area contributed by atoms with E-state index in [0.717, 1.165) is 18.2 Å². The molecule has 150 valence electrons. The summed E-state index contributed by atoms with van der Waals surface area (Å²) in [6.07, 6.45) is -4.58. The van der Waals surface area contributed by atoms with Gasteiger partial charge in [0.1, 0.15) is 11.5 Å². The molecular formula is C21H15ClF3NO3. The fraction of sp³-hybridized carbons (Fsp3) is 0.0952. The molecule has 3 aromatic carbocycles. The van der Waals surface area contributed by atoms with E-state index in [4.69, 9.17) is 21.1 Å². The third-order valence-electron chi connectivity index (χ3n) is 3.94. The summed E-state index contributed by atoms with van der Waals surface area (Å²) in [6, 6.07) is 15.6. The highest BCUT2D eigenvalue weighted by Crippen LogP contribution is 2.37. The van der Waals surface area contributed by atoms with Crippen molar-refractivity contribution in [1.82, 2.24) is 0 Å². The van der Waals surface area contributed by atoms with Gasteiger partial charge in [-0.15, -0.1) is 0 Å². The number of anilines is 1. The van der Waals surface area contributed by atoms with E-state index >= 15 is 0 Å². The van der Waals surface area contributed by atoms with Gasteiger partial charge in [0.15, 0.2) is 5.75 Å². The molecule has 0 atom stereocenters. The highest BCUT2D eigenvalue weighted by atomic mass is 35.5. The van der Waals surface area contributed by atoms with Crippen molar-refractivity contribution in [2.24, 2.45) is 0 Å². The van der Waals surface area contributed by atoms with E-state index in [-0.39, 0.29) is 22.0 Å². The van der Waals surface area contributed by atoms with E-state index in [2.05, 4.69) is 5.32 Å². The van der Waals surface area contributed by atoms with Gasteiger partial charge in [-0.05, 0) is 42.5 Å². The normalized spacial score (nSPS) is 11.1. The first-order valence-electron chi connectivity index (χ1n) is 8.37. The maximum absolute atomic E-state index is 13.2. The molecule has 0 aromatic heterocycles. The van der Waals surface area contributed by atoms with Crippen molar-refractivity contribution in [1.29, 1.82) is 0 Å². The van der Waals surface area contributed by atoms with Crippen LogP contribution in [0.1, 0.15) is 15.9 Å². The number of benzene rings is 3. The maximum atomic E-state index is 13.2. The van der Waals surface area contributed by atoms with Gasteiger partial charge in [-0.25, -0.2) is 0 Å². The Labute approximate surface area is 169 Å². The molecule has 8 heteroatoms. The van der Waals surface area contributed by atoms with Gasteiger partial charge in [0.2, 0.25) is 0 Å². The van der Waals surface area contributed by atoms with Crippen molar-refractivity contribution in [3.63, 3.8) is 0 Å². The zero-order chi connectivity index (χ0) is 21.0. The van der Waals surface area contributed by atoms with E-state index in [0.29, 0.717) is 11.5 Å². The van der Waals surface area contributed by atoms with Crippen LogP contribution in [0.4, 0.5) is 18.9 Å². The molecule has 1 amide bonds. The number of amides is 1. The minimum absolute atomic E-state index is 0.0339. The Balaban J connectivity index is 1.97. The number of hydrogen-bond acceptors (Lipinski definition) is 3. The van der Waals surface area contributed by atoms with Crippen molar-refractivity contribution in [3.8, 4) is 17.2 Å². The molecule has 0 aliphatic heterocycles. The molecule has 0 bridgehead atoms. The van der Waals surface area contributed by atoms with E-state index < -0.39 is 17.6 Å². The first kappa shape index (κ1) is 20.5. The average Bonchev–Trinajstić information content (AvgIpc) is 2.69. The van der Waals surface area contributed by atoms with Crippen LogP contribution >= 0.6 is 11.6 Å². The molecule has 0 saturated heterocycles. The first-order valence-corrected chi connectivity index (χ1v) is 8.75. The molecule has 1 N–H and O–H groups in total. The molecule has 4 nitrogen and oxygen atoms in total. The number of halogens is 4. The van der Waals surface area contributed by atoms with Crippen LogP contribution in [0.15, 0.2) is 66.7 Å². The number of nitrogens with one attached hydrogen (secondary N) is 1.